The van der Waals surface area contributed by atoms with Crippen molar-refractivity contribution in [1.29, 1.82) is 0 Å². The van der Waals surface area contributed by atoms with E-state index in [0.29, 0.717) is 13.1 Å². The summed E-state index contributed by atoms with van der Waals surface area (Å²) in [5, 5.41) is 8.71. The summed E-state index contributed by atoms with van der Waals surface area (Å²) in [4.78, 5) is 1.93. The van der Waals surface area contributed by atoms with Crippen molar-refractivity contribution in [2.45, 2.75) is 6.54 Å². The number of hydrogen-bond donors (Lipinski definition) is 1. The molecule has 0 spiro atoms. The zero-order chi connectivity index (χ0) is 10.6. The molecular formula is C10H13BrFNO. The van der Waals surface area contributed by atoms with Crippen LogP contribution in [0.25, 0.3) is 0 Å². The van der Waals surface area contributed by atoms with Crippen LogP contribution in [0.2, 0.25) is 0 Å². The van der Waals surface area contributed by atoms with Crippen LogP contribution in [0.3, 0.4) is 0 Å². The summed E-state index contributed by atoms with van der Waals surface area (Å²) in [7, 11) is 1.88. The molecule has 1 aromatic rings. The summed E-state index contributed by atoms with van der Waals surface area (Å²) in [5.41, 5.74) is 0.890. The number of halogens is 2. The van der Waals surface area contributed by atoms with E-state index in [0.717, 1.165) is 10.0 Å². The second-order valence-electron chi connectivity index (χ2n) is 3.20. The van der Waals surface area contributed by atoms with Crippen LogP contribution >= 0.6 is 15.9 Å². The first-order valence-corrected chi connectivity index (χ1v) is 5.16. The van der Waals surface area contributed by atoms with E-state index in [2.05, 4.69) is 15.9 Å². The van der Waals surface area contributed by atoms with Crippen molar-refractivity contribution in [3.63, 3.8) is 0 Å². The Morgan fingerprint density at radius 2 is 2.21 bits per heavy atom. The molecule has 14 heavy (non-hydrogen) atoms. The molecule has 4 heteroatoms. The van der Waals surface area contributed by atoms with E-state index in [1.165, 1.54) is 12.1 Å². The van der Waals surface area contributed by atoms with Gasteiger partial charge in [-0.15, -0.1) is 0 Å². The lowest BCUT2D eigenvalue weighted by molar-refractivity contribution is 0.217. The highest BCUT2D eigenvalue weighted by Crippen LogP contribution is 2.18. The van der Waals surface area contributed by atoms with Crippen LogP contribution in [-0.4, -0.2) is 30.2 Å². The molecule has 0 radical (unpaired) electrons. The predicted octanol–water partition coefficient (Wildman–Crippen LogP) is 2.01. The van der Waals surface area contributed by atoms with Gasteiger partial charge in [0.1, 0.15) is 5.82 Å². The molecular weight excluding hydrogens is 249 g/mol. The second kappa shape index (κ2) is 5.44. The highest BCUT2D eigenvalue weighted by atomic mass is 79.9. The summed E-state index contributed by atoms with van der Waals surface area (Å²) >= 11 is 3.35. The Balaban J connectivity index is 2.70. The van der Waals surface area contributed by atoms with Gasteiger partial charge in [-0.1, -0.05) is 15.9 Å². The molecule has 0 amide bonds. The van der Waals surface area contributed by atoms with Gasteiger partial charge in [0.05, 0.1) is 6.61 Å². The fraction of sp³-hybridized carbons (Fsp3) is 0.400. The molecule has 0 bridgehead atoms. The Hall–Kier alpha value is -0.450. The van der Waals surface area contributed by atoms with Gasteiger partial charge < -0.3 is 5.11 Å². The Labute approximate surface area is 91.5 Å². The minimum Gasteiger partial charge on any atom is -0.395 e. The first-order chi connectivity index (χ1) is 6.63. The van der Waals surface area contributed by atoms with Gasteiger partial charge in [-0.2, -0.15) is 0 Å². The molecule has 0 saturated carbocycles. The maximum atomic E-state index is 12.9. The number of likely N-dealkylation sites (N-methyl/N-ethyl adjacent to an activating group) is 1. The van der Waals surface area contributed by atoms with Crippen molar-refractivity contribution in [3.05, 3.63) is 34.1 Å². The van der Waals surface area contributed by atoms with E-state index < -0.39 is 0 Å². The van der Waals surface area contributed by atoms with Gasteiger partial charge in [-0.25, -0.2) is 4.39 Å². The lowest BCUT2D eigenvalue weighted by atomic mass is 10.2. The zero-order valence-electron chi connectivity index (χ0n) is 8.00. The highest BCUT2D eigenvalue weighted by Gasteiger charge is 2.04. The third kappa shape index (κ3) is 3.36. The van der Waals surface area contributed by atoms with Crippen LogP contribution in [-0.2, 0) is 6.54 Å². The first-order valence-electron chi connectivity index (χ1n) is 4.37. The van der Waals surface area contributed by atoms with Crippen molar-refractivity contribution in [1.82, 2.24) is 4.90 Å². The fourth-order valence-corrected chi connectivity index (χ4v) is 1.58. The summed E-state index contributed by atoms with van der Waals surface area (Å²) in [6.45, 7) is 1.32. The van der Waals surface area contributed by atoms with Crippen LogP contribution in [0.1, 0.15) is 5.56 Å². The summed E-state index contributed by atoms with van der Waals surface area (Å²) in [6.07, 6.45) is 0. The molecule has 0 aliphatic carbocycles. The lowest BCUT2D eigenvalue weighted by Crippen LogP contribution is -2.21. The molecule has 1 N–H and O–H groups in total. The Morgan fingerprint density at radius 1 is 1.50 bits per heavy atom. The molecule has 78 valence electrons. The van der Waals surface area contributed by atoms with Gasteiger partial charge in [-0.05, 0) is 30.8 Å². The molecule has 2 nitrogen and oxygen atoms in total. The lowest BCUT2D eigenvalue weighted by Gasteiger charge is -2.15. The molecule has 0 heterocycles. The average Bonchev–Trinajstić information content (AvgIpc) is 2.12. The normalized spacial score (nSPS) is 10.9. The summed E-state index contributed by atoms with van der Waals surface area (Å²) in [5.74, 6) is -0.236. The van der Waals surface area contributed by atoms with Gasteiger partial charge in [-0.3, -0.25) is 4.90 Å². The van der Waals surface area contributed by atoms with E-state index in [-0.39, 0.29) is 12.4 Å². The number of nitrogens with zero attached hydrogens (tertiary/aromatic N) is 1. The molecule has 0 aliphatic heterocycles. The number of benzene rings is 1. The molecule has 0 aliphatic rings. The Kier molecular flexibility index (Phi) is 4.51. The van der Waals surface area contributed by atoms with Crippen LogP contribution in [0.15, 0.2) is 22.7 Å². The van der Waals surface area contributed by atoms with Crippen molar-refractivity contribution in [2.24, 2.45) is 0 Å². The van der Waals surface area contributed by atoms with E-state index >= 15 is 0 Å². The van der Waals surface area contributed by atoms with E-state index in [1.54, 1.807) is 6.07 Å². The molecule has 0 aromatic heterocycles. The van der Waals surface area contributed by atoms with Gasteiger partial charge >= 0.3 is 0 Å². The topological polar surface area (TPSA) is 23.5 Å². The maximum Gasteiger partial charge on any atom is 0.123 e. The van der Waals surface area contributed by atoms with Crippen molar-refractivity contribution in [3.8, 4) is 0 Å². The molecule has 0 fully saturated rings. The Bertz CT molecular complexity index is 306. The van der Waals surface area contributed by atoms with Crippen LogP contribution in [0, 0.1) is 5.82 Å². The van der Waals surface area contributed by atoms with E-state index in [1.807, 2.05) is 11.9 Å². The first kappa shape index (κ1) is 11.6. The van der Waals surface area contributed by atoms with Gasteiger partial charge in [0.15, 0.2) is 0 Å². The number of aliphatic hydroxyl groups excluding tert-OH is 1. The van der Waals surface area contributed by atoms with Gasteiger partial charge in [0, 0.05) is 17.6 Å². The Morgan fingerprint density at radius 3 is 2.86 bits per heavy atom. The fourth-order valence-electron chi connectivity index (χ4n) is 1.21. The third-order valence-electron chi connectivity index (χ3n) is 1.93. The highest BCUT2D eigenvalue weighted by molar-refractivity contribution is 9.10. The van der Waals surface area contributed by atoms with Crippen molar-refractivity contribution in [2.75, 3.05) is 20.2 Å². The monoisotopic (exact) mass is 261 g/mol. The number of aliphatic hydroxyl groups is 1. The van der Waals surface area contributed by atoms with E-state index in [4.69, 9.17) is 5.11 Å². The molecule has 0 saturated heterocycles. The maximum absolute atomic E-state index is 12.9. The van der Waals surface area contributed by atoms with Crippen molar-refractivity contribution < 1.29 is 9.50 Å². The number of rotatable bonds is 4. The SMILES string of the molecule is CN(CCO)Cc1cc(F)ccc1Br. The van der Waals surface area contributed by atoms with Crippen LogP contribution in [0.5, 0.6) is 0 Å². The standard InChI is InChI=1S/C10H13BrFNO/c1-13(4-5-14)7-8-6-9(12)2-3-10(8)11/h2-3,6,14H,4-5,7H2,1H3. The smallest absolute Gasteiger partial charge is 0.123 e. The second-order valence-corrected chi connectivity index (χ2v) is 4.05. The van der Waals surface area contributed by atoms with Crippen molar-refractivity contribution >= 4 is 15.9 Å². The number of hydrogen-bond acceptors (Lipinski definition) is 2. The molecule has 0 unspecified atom stereocenters. The molecule has 0 atom stereocenters. The largest absolute Gasteiger partial charge is 0.395 e. The predicted molar refractivity (Wildman–Crippen MR) is 57.5 cm³/mol. The zero-order valence-corrected chi connectivity index (χ0v) is 9.59. The third-order valence-corrected chi connectivity index (χ3v) is 2.70. The van der Waals surface area contributed by atoms with E-state index in [9.17, 15) is 4.39 Å². The average molecular weight is 262 g/mol. The molecule has 1 aromatic carbocycles. The van der Waals surface area contributed by atoms with Crippen LogP contribution < -0.4 is 0 Å². The van der Waals surface area contributed by atoms with Crippen LogP contribution in [0.4, 0.5) is 4.39 Å². The quantitative estimate of drug-likeness (QED) is 0.897. The molecule has 1 rings (SSSR count). The van der Waals surface area contributed by atoms with Gasteiger partial charge in [0.2, 0.25) is 0 Å². The van der Waals surface area contributed by atoms with Gasteiger partial charge in [0.25, 0.3) is 0 Å². The minimum atomic E-state index is -0.236. The summed E-state index contributed by atoms with van der Waals surface area (Å²) < 4.78 is 13.8. The minimum absolute atomic E-state index is 0.115. The summed E-state index contributed by atoms with van der Waals surface area (Å²) in [6, 6.07) is 4.61.